The molecule has 1 atom stereocenters. The first-order valence-corrected chi connectivity index (χ1v) is 14.0. The first kappa shape index (κ1) is 26.1. The number of nitrogens with one attached hydrogen (secondary N) is 1. The Hall–Kier alpha value is -1.48. The number of carbonyl (C=O) groups excluding carboxylic acids is 1. The molecule has 0 spiro atoms. The van der Waals surface area contributed by atoms with Gasteiger partial charge in [0.2, 0.25) is 15.9 Å². The number of sulfonamides is 1. The standard InChI is InChI=1S/C25H42N4O3S/c1-21(2)20-23-7-9-24(10-8-23)33(31,32)29(19-18-27-14-5-4-6-22(27)3)15-11-25(30)28-16-12-26-13-17-28/h7-10,21-22,26H,4-6,11-20H2,1-3H3. The molecule has 2 saturated heterocycles. The maximum absolute atomic E-state index is 13.6. The van der Waals surface area contributed by atoms with Crippen LogP contribution in [0.15, 0.2) is 29.2 Å². The van der Waals surface area contributed by atoms with Crippen LogP contribution in [0.5, 0.6) is 0 Å². The molecule has 2 aliphatic heterocycles. The Balaban J connectivity index is 1.71. The van der Waals surface area contributed by atoms with Crippen LogP contribution in [-0.2, 0) is 21.2 Å². The van der Waals surface area contributed by atoms with Crippen molar-refractivity contribution in [2.75, 3.05) is 52.4 Å². The summed E-state index contributed by atoms with van der Waals surface area (Å²) in [4.78, 5) is 17.3. The van der Waals surface area contributed by atoms with Gasteiger partial charge in [-0.25, -0.2) is 8.42 Å². The van der Waals surface area contributed by atoms with Crippen LogP contribution >= 0.6 is 0 Å². The summed E-state index contributed by atoms with van der Waals surface area (Å²) in [6.07, 6.45) is 4.71. The third kappa shape index (κ3) is 7.50. The summed E-state index contributed by atoms with van der Waals surface area (Å²) in [5.41, 5.74) is 1.14. The fourth-order valence-electron chi connectivity index (χ4n) is 4.79. The SMILES string of the molecule is CC(C)Cc1ccc(S(=O)(=O)N(CCC(=O)N2CCNCC2)CCN2CCCCC2C)cc1. The summed E-state index contributed by atoms with van der Waals surface area (Å²) in [5, 5.41) is 3.25. The van der Waals surface area contributed by atoms with Crippen molar-refractivity contribution in [3.8, 4) is 0 Å². The number of benzene rings is 1. The second kappa shape index (κ2) is 12.3. The lowest BCUT2D eigenvalue weighted by Gasteiger charge is -2.35. The van der Waals surface area contributed by atoms with Gasteiger partial charge in [0.1, 0.15) is 0 Å². The Kier molecular flexibility index (Phi) is 9.73. The van der Waals surface area contributed by atoms with Gasteiger partial charge in [-0.15, -0.1) is 0 Å². The van der Waals surface area contributed by atoms with Crippen LogP contribution in [0.25, 0.3) is 0 Å². The molecule has 0 saturated carbocycles. The van der Waals surface area contributed by atoms with Gasteiger partial charge >= 0.3 is 0 Å². The highest BCUT2D eigenvalue weighted by Crippen LogP contribution is 2.20. The van der Waals surface area contributed by atoms with Crippen LogP contribution < -0.4 is 5.32 Å². The highest BCUT2D eigenvalue weighted by atomic mass is 32.2. The lowest BCUT2D eigenvalue weighted by Crippen LogP contribution is -2.48. The molecule has 0 bridgehead atoms. The maximum atomic E-state index is 13.6. The number of piperidine rings is 1. The van der Waals surface area contributed by atoms with E-state index in [0.717, 1.165) is 44.5 Å². The predicted molar refractivity (Wildman–Crippen MR) is 133 cm³/mol. The van der Waals surface area contributed by atoms with Crippen LogP contribution in [0.2, 0.25) is 0 Å². The number of rotatable bonds is 10. The predicted octanol–water partition coefficient (Wildman–Crippen LogP) is 2.57. The van der Waals surface area contributed by atoms with Gasteiger partial charge in [0.25, 0.3) is 0 Å². The Morgan fingerprint density at radius 3 is 2.42 bits per heavy atom. The van der Waals surface area contributed by atoms with Crippen LogP contribution in [0.3, 0.4) is 0 Å². The lowest BCUT2D eigenvalue weighted by atomic mass is 10.0. The first-order chi connectivity index (χ1) is 15.8. The van der Waals surface area contributed by atoms with Gasteiger partial charge < -0.3 is 10.2 Å². The summed E-state index contributed by atoms with van der Waals surface area (Å²) in [5.74, 6) is 0.557. The Bertz CT molecular complexity index is 851. The summed E-state index contributed by atoms with van der Waals surface area (Å²) in [7, 11) is -3.67. The fraction of sp³-hybridized carbons (Fsp3) is 0.720. The third-order valence-electron chi connectivity index (χ3n) is 6.83. The molecule has 1 unspecified atom stereocenters. The molecule has 0 radical (unpaired) electrons. The van der Waals surface area contributed by atoms with Gasteiger partial charge in [-0.2, -0.15) is 4.31 Å². The lowest BCUT2D eigenvalue weighted by molar-refractivity contribution is -0.131. The van der Waals surface area contributed by atoms with E-state index >= 15 is 0 Å². The second-order valence-corrected chi connectivity index (χ2v) is 11.8. The Labute approximate surface area is 200 Å². The molecule has 1 N–H and O–H groups in total. The van der Waals surface area contributed by atoms with Crippen molar-refractivity contribution >= 4 is 15.9 Å². The van der Waals surface area contributed by atoms with E-state index in [1.54, 1.807) is 12.1 Å². The van der Waals surface area contributed by atoms with Crippen molar-refractivity contribution in [1.82, 2.24) is 19.4 Å². The van der Waals surface area contributed by atoms with Gasteiger partial charge in [0.05, 0.1) is 4.90 Å². The first-order valence-electron chi connectivity index (χ1n) is 12.6. The minimum Gasteiger partial charge on any atom is -0.340 e. The zero-order valence-corrected chi connectivity index (χ0v) is 21.4. The summed E-state index contributed by atoms with van der Waals surface area (Å²) in [6, 6.07) is 7.76. The quantitative estimate of drug-likeness (QED) is 0.560. The fourth-order valence-corrected chi connectivity index (χ4v) is 6.22. The van der Waals surface area contributed by atoms with Gasteiger partial charge in [0, 0.05) is 58.3 Å². The highest BCUT2D eigenvalue weighted by Gasteiger charge is 2.28. The number of hydrogen-bond acceptors (Lipinski definition) is 5. The van der Waals surface area contributed by atoms with Crippen LogP contribution in [0, 0.1) is 5.92 Å². The van der Waals surface area contributed by atoms with E-state index in [-0.39, 0.29) is 18.9 Å². The van der Waals surface area contributed by atoms with E-state index < -0.39 is 10.0 Å². The second-order valence-electron chi connectivity index (χ2n) is 9.91. The summed E-state index contributed by atoms with van der Waals surface area (Å²) in [6.45, 7) is 11.9. The van der Waals surface area contributed by atoms with Crippen LogP contribution in [0.4, 0.5) is 0 Å². The smallest absolute Gasteiger partial charge is 0.243 e. The molecule has 3 rings (SSSR count). The zero-order valence-electron chi connectivity index (χ0n) is 20.6. The summed E-state index contributed by atoms with van der Waals surface area (Å²) < 4.78 is 28.7. The molecule has 1 amide bonds. The molecule has 8 heteroatoms. The number of amides is 1. The minimum absolute atomic E-state index is 0.0373. The number of piperazine rings is 1. The monoisotopic (exact) mass is 478 g/mol. The highest BCUT2D eigenvalue weighted by molar-refractivity contribution is 7.89. The number of nitrogens with zero attached hydrogens (tertiary/aromatic N) is 3. The van der Waals surface area contributed by atoms with Crippen molar-refractivity contribution in [1.29, 1.82) is 0 Å². The molecule has 0 aliphatic carbocycles. The minimum atomic E-state index is -3.67. The molecule has 2 fully saturated rings. The third-order valence-corrected chi connectivity index (χ3v) is 8.74. The van der Waals surface area contributed by atoms with E-state index in [9.17, 15) is 13.2 Å². The van der Waals surface area contributed by atoms with E-state index in [4.69, 9.17) is 0 Å². The van der Waals surface area contributed by atoms with E-state index in [0.29, 0.717) is 43.0 Å². The number of likely N-dealkylation sites (tertiary alicyclic amines) is 1. The van der Waals surface area contributed by atoms with Gasteiger partial charge in [0.15, 0.2) is 0 Å². The zero-order chi connectivity index (χ0) is 23.8. The molecule has 33 heavy (non-hydrogen) atoms. The molecule has 7 nitrogen and oxygen atoms in total. The normalized spacial score (nSPS) is 20.5. The molecular formula is C25H42N4O3S. The van der Waals surface area contributed by atoms with Crippen molar-refractivity contribution in [3.05, 3.63) is 29.8 Å². The van der Waals surface area contributed by atoms with Crippen LogP contribution in [0.1, 0.15) is 52.0 Å². The molecule has 2 heterocycles. The van der Waals surface area contributed by atoms with E-state index in [2.05, 4.69) is 31.0 Å². The number of hydrogen-bond donors (Lipinski definition) is 1. The van der Waals surface area contributed by atoms with E-state index in [1.165, 1.54) is 10.7 Å². The molecule has 2 aliphatic rings. The molecule has 186 valence electrons. The average Bonchev–Trinajstić information content (AvgIpc) is 2.80. The molecular weight excluding hydrogens is 436 g/mol. The topological polar surface area (TPSA) is 73.0 Å². The molecule has 1 aromatic rings. The number of carbonyl (C=O) groups is 1. The van der Waals surface area contributed by atoms with Gasteiger partial charge in [-0.1, -0.05) is 32.4 Å². The van der Waals surface area contributed by atoms with Gasteiger partial charge in [-0.05, 0) is 56.3 Å². The maximum Gasteiger partial charge on any atom is 0.243 e. The Morgan fingerprint density at radius 2 is 1.79 bits per heavy atom. The van der Waals surface area contributed by atoms with E-state index in [1.807, 2.05) is 17.0 Å². The Morgan fingerprint density at radius 1 is 1.09 bits per heavy atom. The largest absolute Gasteiger partial charge is 0.340 e. The summed E-state index contributed by atoms with van der Waals surface area (Å²) >= 11 is 0. The van der Waals surface area contributed by atoms with Gasteiger partial charge in [-0.3, -0.25) is 9.69 Å². The molecule has 0 aromatic heterocycles. The van der Waals surface area contributed by atoms with Crippen LogP contribution in [-0.4, -0.2) is 86.8 Å². The average molecular weight is 479 g/mol. The molecule has 1 aromatic carbocycles. The van der Waals surface area contributed by atoms with Crippen molar-refractivity contribution in [2.45, 2.75) is 63.8 Å². The van der Waals surface area contributed by atoms with Crippen molar-refractivity contribution in [3.63, 3.8) is 0 Å². The van der Waals surface area contributed by atoms with Crippen molar-refractivity contribution < 1.29 is 13.2 Å². The van der Waals surface area contributed by atoms with Crippen molar-refractivity contribution in [2.24, 2.45) is 5.92 Å².